The molecule has 0 unspecified atom stereocenters. The molecule has 42 heavy (non-hydrogen) atoms. The molecule has 4 aliphatic rings. The molecule has 3 saturated carbocycles. The number of unbranched alkanes of at least 4 members (excludes halogenated alkanes) is 11. The van der Waals surface area contributed by atoms with Gasteiger partial charge in [0.05, 0.1) is 6.10 Å². The van der Waals surface area contributed by atoms with Crippen LogP contribution in [0, 0.1) is 46.3 Å². The van der Waals surface area contributed by atoms with Gasteiger partial charge in [-0.1, -0.05) is 143 Å². The number of fused-ring (bicyclic) bond motifs is 5. The first kappa shape index (κ1) is 34.6. The molecule has 0 aromatic carbocycles. The first-order valence-corrected chi connectivity index (χ1v) is 19.6. The van der Waals surface area contributed by atoms with Crippen LogP contribution in [0.15, 0.2) is 11.6 Å². The Morgan fingerprint density at radius 3 is 2.07 bits per heavy atom. The number of rotatable bonds is 19. The van der Waals surface area contributed by atoms with Crippen LogP contribution in [0.2, 0.25) is 0 Å². The van der Waals surface area contributed by atoms with Crippen molar-refractivity contribution in [2.24, 2.45) is 46.3 Å². The summed E-state index contributed by atoms with van der Waals surface area (Å²) in [7, 11) is 0. The second kappa shape index (κ2) is 16.9. The van der Waals surface area contributed by atoms with E-state index in [1.54, 1.807) is 5.57 Å². The minimum Gasteiger partial charge on any atom is -0.378 e. The largest absolute Gasteiger partial charge is 0.378 e. The fourth-order valence-corrected chi connectivity index (χ4v) is 11.0. The van der Waals surface area contributed by atoms with E-state index in [9.17, 15) is 0 Å². The van der Waals surface area contributed by atoms with Gasteiger partial charge in [0, 0.05) is 6.61 Å². The highest BCUT2D eigenvalue weighted by molar-refractivity contribution is 5.25. The molecule has 0 aromatic rings. The van der Waals surface area contributed by atoms with E-state index in [0.29, 0.717) is 16.9 Å². The third kappa shape index (κ3) is 8.69. The van der Waals surface area contributed by atoms with E-state index in [-0.39, 0.29) is 0 Å². The van der Waals surface area contributed by atoms with Crippen LogP contribution in [0.25, 0.3) is 0 Å². The van der Waals surface area contributed by atoms with Crippen LogP contribution in [0.5, 0.6) is 0 Å². The molecule has 4 rings (SSSR count). The predicted octanol–water partition coefficient (Wildman–Crippen LogP) is 13.1. The van der Waals surface area contributed by atoms with Gasteiger partial charge in [0.25, 0.3) is 0 Å². The highest BCUT2D eigenvalue weighted by Crippen LogP contribution is 2.67. The lowest BCUT2D eigenvalue weighted by Crippen LogP contribution is -2.51. The maximum absolute atomic E-state index is 6.54. The van der Waals surface area contributed by atoms with Crippen molar-refractivity contribution in [3.05, 3.63) is 11.6 Å². The van der Waals surface area contributed by atoms with Crippen LogP contribution in [-0.4, -0.2) is 12.7 Å². The van der Waals surface area contributed by atoms with E-state index >= 15 is 0 Å². The van der Waals surface area contributed by atoms with E-state index in [2.05, 4.69) is 47.6 Å². The lowest BCUT2D eigenvalue weighted by Gasteiger charge is -2.58. The fraction of sp³-hybridized carbons (Fsp3) is 0.951. The van der Waals surface area contributed by atoms with Crippen LogP contribution in [0.4, 0.5) is 0 Å². The molecule has 0 aliphatic heterocycles. The molecular formula is C41H74O. The second-order valence-corrected chi connectivity index (χ2v) is 16.9. The molecule has 0 N–H and O–H groups in total. The first-order valence-electron chi connectivity index (χ1n) is 19.6. The third-order valence-corrected chi connectivity index (χ3v) is 13.6. The van der Waals surface area contributed by atoms with Gasteiger partial charge < -0.3 is 4.74 Å². The molecule has 0 amide bonds. The molecule has 0 saturated heterocycles. The lowest BCUT2D eigenvalue weighted by atomic mass is 9.47. The van der Waals surface area contributed by atoms with Crippen LogP contribution in [0.1, 0.15) is 189 Å². The average molecular weight is 583 g/mol. The molecule has 0 aromatic heterocycles. The Labute approximate surface area is 264 Å². The van der Waals surface area contributed by atoms with Crippen LogP contribution in [0.3, 0.4) is 0 Å². The minimum atomic E-state index is 0.459. The minimum absolute atomic E-state index is 0.459. The molecular weight excluding hydrogens is 508 g/mol. The Morgan fingerprint density at radius 1 is 0.738 bits per heavy atom. The van der Waals surface area contributed by atoms with Crippen molar-refractivity contribution in [1.82, 2.24) is 0 Å². The third-order valence-electron chi connectivity index (χ3n) is 13.6. The van der Waals surface area contributed by atoms with E-state index < -0.39 is 0 Å². The summed E-state index contributed by atoms with van der Waals surface area (Å²) in [5, 5.41) is 0. The van der Waals surface area contributed by atoms with Crippen LogP contribution >= 0.6 is 0 Å². The SMILES string of the molecule is CCCCCCCCCCCCCCO[C@@H]1CC[C@@]2(C)C(=CC[C@H]3[C@H]4CC[C@H]([C@H](C)CCCC(C)C)[C@@]4(C)CC[C@@H]32)C1. The molecule has 0 heterocycles. The predicted molar refractivity (Wildman–Crippen MR) is 184 cm³/mol. The molecule has 4 aliphatic carbocycles. The lowest BCUT2D eigenvalue weighted by molar-refractivity contribution is -0.0641. The summed E-state index contributed by atoms with van der Waals surface area (Å²) in [5.41, 5.74) is 2.87. The number of hydrogen-bond acceptors (Lipinski definition) is 1. The van der Waals surface area contributed by atoms with Gasteiger partial charge in [0.2, 0.25) is 0 Å². The normalized spacial score (nSPS) is 35.0. The van der Waals surface area contributed by atoms with Gasteiger partial charge >= 0.3 is 0 Å². The van der Waals surface area contributed by atoms with Gasteiger partial charge in [-0.3, -0.25) is 0 Å². The summed E-state index contributed by atoms with van der Waals surface area (Å²) >= 11 is 0. The molecule has 0 bridgehead atoms. The highest BCUT2D eigenvalue weighted by atomic mass is 16.5. The van der Waals surface area contributed by atoms with E-state index in [1.807, 2.05) is 0 Å². The summed E-state index contributed by atoms with van der Waals surface area (Å²) in [6.45, 7) is 16.1. The zero-order valence-corrected chi connectivity index (χ0v) is 29.5. The van der Waals surface area contributed by atoms with Crippen molar-refractivity contribution in [2.75, 3.05) is 6.61 Å². The standard InChI is InChI=1S/C41H74O/c1-7-8-9-10-11-12-13-14-15-16-17-18-30-42-35-26-28-40(5)34(31-35)22-23-36-38-25-24-37(33(4)21-19-20-32(2)3)41(38,6)29-27-39(36)40/h22,32-33,35-39H,7-21,23-31H2,1-6H3/t33-,35-,36+,37-,38-,39+,40+,41-/m1/s1. The highest BCUT2D eigenvalue weighted by Gasteiger charge is 2.59. The van der Waals surface area contributed by atoms with E-state index in [0.717, 1.165) is 42.1 Å². The molecule has 244 valence electrons. The van der Waals surface area contributed by atoms with E-state index in [4.69, 9.17) is 4.74 Å². The summed E-state index contributed by atoms with van der Waals surface area (Å²) in [4.78, 5) is 0. The molecule has 1 heteroatoms. The zero-order valence-electron chi connectivity index (χ0n) is 29.5. The van der Waals surface area contributed by atoms with Gasteiger partial charge in [0.15, 0.2) is 0 Å². The van der Waals surface area contributed by atoms with Gasteiger partial charge in [-0.05, 0) is 104 Å². The van der Waals surface area contributed by atoms with Gasteiger partial charge in [-0.25, -0.2) is 0 Å². The molecule has 0 radical (unpaired) electrons. The van der Waals surface area contributed by atoms with Crippen LogP contribution in [-0.2, 0) is 4.74 Å². The second-order valence-electron chi connectivity index (χ2n) is 16.9. The van der Waals surface area contributed by atoms with Crippen LogP contribution < -0.4 is 0 Å². The first-order chi connectivity index (χ1) is 20.3. The summed E-state index contributed by atoms with van der Waals surface area (Å²) in [6.07, 6.45) is 35.9. The molecule has 0 spiro atoms. The smallest absolute Gasteiger partial charge is 0.0612 e. The van der Waals surface area contributed by atoms with Gasteiger partial charge in [-0.2, -0.15) is 0 Å². The van der Waals surface area contributed by atoms with Gasteiger partial charge in [-0.15, -0.1) is 0 Å². The quantitative estimate of drug-likeness (QED) is 0.109. The fourth-order valence-electron chi connectivity index (χ4n) is 11.0. The van der Waals surface area contributed by atoms with Crippen molar-refractivity contribution in [3.63, 3.8) is 0 Å². The van der Waals surface area contributed by atoms with Crippen molar-refractivity contribution in [1.29, 1.82) is 0 Å². The van der Waals surface area contributed by atoms with Crippen molar-refractivity contribution in [2.45, 2.75) is 195 Å². The average Bonchev–Trinajstić information content (AvgIpc) is 3.32. The zero-order chi connectivity index (χ0) is 30.0. The van der Waals surface area contributed by atoms with Crippen molar-refractivity contribution >= 4 is 0 Å². The summed E-state index contributed by atoms with van der Waals surface area (Å²) < 4.78 is 6.54. The Hall–Kier alpha value is -0.300. The maximum Gasteiger partial charge on any atom is 0.0612 e. The summed E-state index contributed by atoms with van der Waals surface area (Å²) in [5.74, 6) is 5.60. The number of allylic oxidation sites excluding steroid dienone is 1. The Balaban J connectivity index is 1.16. The molecule has 8 atom stereocenters. The summed E-state index contributed by atoms with van der Waals surface area (Å²) in [6, 6.07) is 0. The van der Waals surface area contributed by atoms with E-state index in [1.165, 1.54) is 148 Å². The van der Waals surface area contributed by atoms with Crippen molar-refractivity contribution < 1.29 is 4.74 Å². The van der Waals surface area contributed by atoms with Crippen molar-refractivity contribution in [3.8, 4) is 0 Å². The maximum atomic E-state index is 6.54. The van der Waals surface area contributed by atoms with Gasteiger partial charge in [0.1, 0.15) is 0 Å². The molecule has 1 nitrogen and oxygen atoms in total. The Bertz CT molecular complexity index is 797. The topological polar surface area (TPSA) is 9.23 Å². The Kier molecular flexibility index (Phi) is 13.9. The number of ether oxygens (including phenoxy) is 1. The Morgan fingerprint density at radius 2 is 1.40 bits per heavy atom. The molecule has 3 fully saturated rings. The monoisotopic (exact) mass is 583 g/mol. The number of hydrogen-bond donors (Lipinski definition) is 0.